The minimum Gasteiger partial charge on any atom is -0.493 e. The maximum absolute atomic E-state index is 13.5. The molecule has 0 saturated carbocycles. The number of amides is 2. The normalized spacial score (nSPS) is 12.2. The molecule has 1 aromatic heterocycles. The smallest absolute Gasteiger partial charge is 0.490 e. The number of nitrogens with one attached hydrogen (secondary N) is 2. The number of rotatable bonds is 11. The second-order valence-electron chi connectivity index (χ2n) is 10.5. The van der Waals surface area contributed by atoms with Crippen LogP contribution in [-0.4, -0.2) is 78.7 Å². The number of benzene rings is 3. The van der Waals surface area contributed by atoms with Crippen LogP contribution >= 0.6 is 0 Å². The van der Waals surface area contributed by atoms with Gasteiger partial charge in [-0.15, -0.1) is 5.10 Å². The van der Waals surface area contributed by atoms with Crippen molar-refractivity contribution >= 4 is 39.5 Å². The first-order valence-electron chi connectivity index (χ1n) is 14.4. The van der Waals surface area contributed by atoms with Crippen molar-refractivity contribution in [2.24, 2.45) is 15.9 Å². The average Bonchev–Trinajstić information content (AvgIpc) is 3.53. The third kappa shape index (κ3) is 11.8. The Labute approximate surface area is 289 Å². The van der Waals surface area contributed by atoms with Crippen LogP contribution in [-0.2, 0) is 37.4 Å². The van der Waals surface area contributed by atoms with Crippen molar-refractivity contribution in [3.05, 3.63) is 84.1 Å². The quantitative estimate of drug-likeness (QED) is 0.111. The van der Waals surface area contributed by atoms with Crippen LogP contribution in [0.4, 0.5) is 18.9 Å². The molecule has 0 aliphatic heterocycles. The van der Waals surface area contributed by atoms with Gasteiger partial charge in [0.15, 0.2) is 23.5 Å². The summed E-state index contributed by atoms with van der Waals surface area (Å²) in [7, 11) is -1.02. The van der Waals surface area contributed by atoms with Crippen LogP contribution in [0, 0.1) is 6.92 Å². The number of alkyl halides is 3. The molecule has 1 heterocycles. The zero-order chi connectivity index (χ0) is 37.9. The third-order valence-electron chi connectivity index (χ3n) is 6.68. The zero-order valence-corrected chi connectivity index (χ0v) is 28.0. The number of guanidine groups is 1. The summed E-state index contributed by atoms with van der Waals surface area (Å²) in [6.45, 7) is 1.58. The molecule has 20 heteroatoms. The van der Waals surface area contributed by atoms with Crippen LogP contribution in [0.5, 0.6) is 11.5 Å². The third-order valence-corrected chi connectivity index (χ3v) is 7.59. The second-order valence-corrected chi connectivity index (χ2v) is 12.0. The molecule has 272 valence electrons. The lowest BCUT2D eigenvalue weighted by molar-refractivity contribution is -0.192. The zero-order valence-electron chi connectivity index (χ0n) is 27.2. The summed E-state index contributed by atoms with van der Waals surface area (Å²) in [5, 5.41) is 25.8. The maximum atomic E-state index is 13.5. The molecule has 2 amide bonds. The number of carboxylic acids is 1. The summed E-state index contributed by atoms with van der Waals surface area (Å²) in [4.78, 5) is 39.3. The molecule has 0 aliphatic rings. The average molecular weight is 735 g/mol. The van der Waals surface area contributed by atoms with Crippen molar-refractivity contribution in [1.82, 2.24) is 20.3 Å². The number of nitrogens with two attached hydrogens (primary N) is 2. The number of aromatic nitrogens is 3. The molecule has 3 aromatic carbocycles. The summed E-state index contributed by atoms with van der Waals surface area (Å²) in [5.41, 5.74) is 8.88. The van der Waals surface area contributed by atoms with E-state index in [0.29, 0.717) is 28.3 Å². The number of hydrogen-bond acceptors (Lipinski definition) is 10. The number of carboxylic acid groups (broad SMARTS) is 1. The number of aliphatic imine (C=N–C) groups is 1. The molecule has 4 aromatic rings. The summed E-state index contributed by atoms with van der Waals surface area (Å²) < 4.78 is 67.4. The van der Waals surface area contributed by atoms with E-state index < -0.39 is 40.0 Å². The van der Waals surface area contributed by atoms with E-state index >= 15 is 0 Å². The van der Waals surface area contributed by atoms with Gasteiger partial charge in [0.2, 0.25) is 15.9 Å². The maximum Gasteiger partial charge on any atom is 0.490 e. The molecule has 51 heavy (non-hydrogen) atoms. The first kappa shape index (κ1) is 39.4. The Bertz CT molecular complexity index is 2010. The van der Waals surface area contributed by atoms with Gasteiger partial charge >= 0.3 is 12.1 Å². The Morgan fingerprint density at radius 2 is 1.67 bits per heavy atom. The minimum atomic E-state index is -5.08. The molecule has 0 bridgehead atoms. The van der Waals surface area contributed by atoms with Gasteiger partial charge in [-0.05, 0) is 42.3 Å². The highest BCUT2D eigenvalue weighted by Gasteiger charge is 2.38. The number of aryl methyl sites for hydroxylation is 1. The number of anilines is 1. The number of carbonyl (C=O) groups excluding carboxylic acids is 2. The van der Waals surface area contributed by atoms with Gasteiger partial charge in [0.05, 0.1) is 38.3 Å². The van der Waals surface area contributed by atoms with Crippen LogP contribution in [0.3, 0.4) is 0 Å². The number of aliphatic carboxylic acids is 1. The summed E-state index contributed by atoms with van der Waals surface area (Å²) in [5.74, 6) is -3.22. The van der Waals surface area contributed by atoms with E-state index in [1.54, 1.807) is 31.3 Å². The minimum absolute atomic E-state index is 0.0590. The lowest BCUT2D eigenvalue weighted by Crippen LogP contribution is -2.41. The summed E-state index contributed by atoms with van der Waals surface area (Å²) >= 11 is 0. The second kappa shape index (κ2) is 17.1. The molecular formula is C31H33F3N8O8S. The number of carbonyl (C=O) groups is 3. The highest BCUT2D eigenvalue weighted by molar-refractivity contribution is 7.89. The first-order valence-corrected chi connectivity index (χ1v) is 16.0. The van der Waals surface area contributed by atoms with Crippen molar-refractivity contribution in [3.8, 4) is 22.8 Å². The van der Waals surface area contributed by atoms with Gasteiger partial charge < -0.3 is 25.6 Å². The van der Waals surface area contributed by atoms with Crippen molar-refractivity contribution in [2.75, 3.05) is 19.5 Å². The number of primary sulfonamides is 1. The van der Waals surface area contributed by atoms with Crippen molar-refractivity contribution in [3.63, 3.8) is 0 Å². The summed E-state index contributed by atoms with van der Waals surface area (Å²) in [6, 6.07) is 17.3. The number of methoxy groups -OCH3 is 2. The van der Waals surface area contributed by atoms with Gasteiger partial charge in [-0.25, -0.2) is 28.0 Å². The van der Waals surface area contributed by atoms with Crippen LogP contribution < -0.4 is 31.0 Å². The van der Waals surface area contributed by atoms with E-state index in [9.17, 15) is 31.2 Å². The Morgan fingerprint density at radius 3 is 2.25 bits per heavy atom. The number of hydrogen-bond donors (Lipinski definition) is 5. The van der Waals surface area contributed by atoms with Gasteiger partial charge in [0.1, 0.15) is 5.69 Å². The van der Waals surface area contributed by atoms with E-state index in [1.165, 1.54) is 37.1 Å². The fourth-order valence-corrected chi connectivity index (χ4v) is 4.72. The topological polar surface area (TPSA) is 243 Å². The van der Waals surface area contributed by atoms with Crippen LogP contribution in [0.1, 0.15) is 11.1 Å². The monoisotopic (exact) mass is 734 g/mol. The standard InChI is InChI=1S/C29H32N8O6S.C2HF3O2/c1-18-9-11-21(44(31,40)41)15-22(18)32-28(39)24(17-37-16-23(35-36-37)20-7-5-4-6-8-20)33-29(30)34-27(38)14-19-10-12-25(42-2)26(13-19)43-3;3-2(4,5)1(6)7/h4-13,15-16,24H,14,17H2,1-3H3,(H,32,39)(H2,31,40,41)(H3,30,33,34,38);(H,6,7)/t24-;/m1./s1. The van der Waals surface area contributed by atoms with E-state index in [2.05, 4.69) is 25.9 Å². The van der Waals surface area contributed by atoms with Crippen molar-refractivity contribution < 1.29 is 50.6 Å². The largest absolute Gasteiger partial charge is 0.493 e. The Morgan fingerprint density at radius 1 is 1.02 bits per heavy atom. The van der Waals surface area contributed by atoms with Crippen molar-refractivity contribution in [2.45, 2.75) is 37.0 Å². The van der Waals surface area contributed by atoms with Gasteiger partial charge in [-0.1, -0.05) is 47.7 Å². The fraction of sp³-hybridized carbons (Fsp3) is 0.226. The Hall–Kier alpha value is -6.02. The van der Waals surface area contributed by atoms with E-state index in [-0.39, 0.29) is 29.5 Å². The van der Waals surface area contributed by atoms with Gasteiger partial charge in [0.25, 0.3) is 5.91 Å². The SMILES string of the molecule is COc1ccc(CC(=O)NC(N)=N[C@H](Cn2cc(-c3ccccc3)nn2)C(=O)Nc2cc(S(N)(=O)=O)ccc2C)cc1OC.O=C(O)C(F)(F)F. The highest BCUT2D eigenvalue weighted by Crippen LogP contribution is 2.27. The van der Waals surface area contributed by atoms with E-state index in [0.717, 1.165) is 5.56 Å². The lowest BCUT2D eigenvalue weighted by atomic mass is 10.1. The van der Waals surface area contributed by atoms with Crippen LogP contribution in [0.2, 0.25) is 0 Å². The molecular weight excluding hydrogens is 701 g/mol. The Kier molecular flexibility index (Phi) is 13.2. The number of ether oxygens (including phenoxy) is 2. The lowest BCUT2D eigenvalue weighted by Gasteiger charge is -2.16. The molecule has 16 nitrogen and oxygen atoms in total. The molecule has 0 fully saturated rings. The molecule has 0 unspecified atom stereocenters. The number of nitrogens with zero attached hydrogens (tertiary/aromatic N) is 4. The van der Waals surface area contributed by atoms with Gasteiger partial charge in [0, 0.05) is 11.3 Å². The van der Waals surface area contributed by atoms with E-state index in [1.807, 2.05) is 30.3 Å². The molecule has 0 spiro atoms. The first-order chi connectivity index (χ1) is 23.9. The highest BCUT2D eigenvalue weighted by atomic mass is 32.2. The van der Waals surface area contributed by atoms with E-state index in [4.69, 9.17) is 30.2 Å². The molecule has 1 atom stereocenters. The van der Waals surface area contributed by atoms with Gasteiger partial charge in [-0.2, -0.15) is 13.2 Å². The summed E-state index contributed by atoms with van der Waals surface area (Å²) in [6.07, 6.45) is -3.50. The van der Waals surface area contributed by atoms with Crippen LogP contribution in [0.25, 0.3) is 11.3 Å². The fourth-order valence-electron chi connectivity index (χ4n) is 4.18. The molecule has 0 saturated heterocycles. The molecule has 0 aliphatic carbocycles. The number of halogens is 3. The van der Waals surface area contributed by atoms with Gasteiger partial charge in [-0.3, -0.25) is 14.9 Å². The molecule has 4 rings (SSSR count). The molecule has 0 radical (unpaired) electrons. The number of sulfonamides is 1. The predicted octanol–water partition coefficient (Wildman–Crippen LogP) is 2.23. The Balaban J connectivity index is 0.000000908. The predicted molar refractivity (Wildman–Crippen MR) is 177 cm³/mol. The van der Waals surface area contributed by atoms with Crippen LogP contribution in [0.15, 0.2) is 82.8 Å². The molecule has 7 N–H and O–H groups in total. The van der Waals surface area contributed by atoms with Crippen molar-refractivity contribution in [1.29, 1.82) is 0 Å².